The van der Waals surface area contributed by atoms with Crippen LogP contribution in [0.15, 0.2) is 23.3 Å². The molecule has 1 heterocycles. The van der Waals surface area contributed by atoms with Gasteiger partial charge in [-0.15, -0.1) is 0 Å². The molecule has 0 amide bonds. The maximum Gasteiger partial charge on any atom is 0.186 e. The summed E-state index contributed by atoms with van der Waals surface area (Å²) in [5.74, 6) is 1.48. The molecule has 5 N–H and O–H groups in total. The molecule has 4 aliphatic carbocycles. The number of fused-ring (bicyclic) bond motifs is 5. The monoisotopic (exact) mass is 604 g/mol. The van der Waals surface area contributed by atoms with Gasteiger partial charge in [0.1, 0.15) is 24.4 Å². The fraction of sp³-hybridized carbons (Fsp3) is 0.889. The molecule has 0 unspecified atom stereocenters. The quantitative estimate of drug-likeness (QED) is 0.211. The Labute approximate surface area is 259 Å². The summed E-state index contributed by atoms with van der Waals surface area (Å²) < 4.78 is 12.2. The summed E-state index contributed by atoms with van der Waals surface area (Å²) in [6.45, 7) is 18.2. The third-order valence-electron chi connectivity index (χ3n) is 14.0. The summed E-state index contributed by atoms with van der Waals surface area (Å²) >= 11 is 0. The second-order valence-corrected chi connectivity index (χ2v) is 16.6. The van der Waals surface area contributed by atoms with Crippen LogP contribution < -0.4 is 0 Å². The molecule has 1 aliphatic heterocycles. The highest BCUT2D eigenvalue weighted by atomic mass is 16.7. The minimum absolute atomic E-state index is 0.0348. The average molecular weight is 605 g/mol. The molecule has 0 bridgehead atoms. The molecule has 0 spiro atoms. The Morgan fingerprint density at radius 2 is 1.49 bits per heavy atom. The third kappa shape index (κ3) is 5.21. The van der Waals surface area contributed by atoms with E-state index in [1.807, 2.05) is 0 Å². The smallest absolute Gasteiger partial charge is 0.186 e. The lowest BCUT2D eigenvalue weighted by Crippen LogP contribution is -2.67. The number of hydrogen-bond donors (Lipinski definition) is 5. The second kappa shape index (κ2) is 11.8. The van der Waals surface area contributed by atoms with E-state index in [2.05, 4.69) is 67.5 Å². The zero-order valence-corrected chi connectivity index (χ0v) is 27.9. The van der Waals surface area contributed by atoms with Crippen LogP contribution in [0, 0.1) is 45.3 Å². The van der Waals surface area contributed by atoms with Crippen molar-refractivity contribution >= 4 is 0 Å². The van der Waals surface area contributed by atoms with Gasteiger partial charge in [0.05, 0.1) is 18.8 Å². The van der Waals surface area contributed by atoms with Gasteiger partial charge < -0.3 is 35.0 Å². The zero-order valence-electron chi connectivity index (χ0n) is 27.9. The molecule has 0 aromatic rings. The molecule has 14 atom stereocenters. The topological polar surface area (TPSA) is 120 Å². The molecule has 4 saturated carbocycles. The van der Waals surface area contributed by atoms with Crippen LogP contribution in [0.25, 0.3) is 0 Å². The van der Waals surface area contributed by atoms with E-state index in [0.717, 1.165) is 51.4 Å². The van der Waals surface area contributed by atoms with Gasteiger partial charge in [-0.25, -0.2) is 0 Å². The Bertz CT molecular complexity index is 1080. The molecular formula is C36H60O7. The Morgan fingerprint density at radius 1 is 0.814 bits per heavy atom. The van der Waals surface area contributed by atoms with Gasteiger partial charge in [-0.05, 0) is 117 Å². The molecular weight excluding hydrogens is 544 g/mol. The lowest BCUT2D eigenvalue weighted by atomic mass is 9.35. The molecule has 5 aliphatic rings. The van der Waals surface area contributed by atoms with Gasteiger partial charge >= 0.3 is 0 Å². The van der Waals surface area contributed by atoms with Crippen molar-refractivity contribution in [1.82, 2.24) is 0 Å². The van der Waals surface area contributed by atoms with E-state index in [-0.39, 0.29) is 39.8 Å². The van der Waals surface area contributed by atoms with Crippen molar-refractivity contribution in [1.29, 1.82) is 0 Å². The minimum Gasteiger partial charge on any atom is -0.394 e. The normalized spacial score (nSPS) is 51.3. The van der Waals surface area contributed by atoms with Gasteiger partial charge in [0.2, 0.25) is 0 Å². The summed E-state index contributed by atoms with van der Waals surface area (Å²) in [7, 11) is 0. The zero-order chi connectivity index (χ0) is 31.7. The van der Waals surface area contributed by atoms with Crippen LogP contribution in [0.2, 0.25) is 0 Å². The SMILES string of the molecule is CC(C)=CC/C=C(/C)[C@H]1CC[C@@]2(C)[C@@H]1[C@@H](O)C[C@@H]1[C@@]3(C)CC[C@H](O[C@@H]4O[C@H](CO)[C@@H](O)[C@H](O)[C@H]4O)C(C)(C)[C@H]3CC[C@]12C. The van der Waals surface area contributed by atoms with E-state index in [4.69, 9.17) is 9.47 Å². The molecule has 7 heteroatoms. The van der Waals surface area contributed by atoms with Crippen LogP contribution in [0.1, 0.15) is 107 Å². The van der Waals surface area contributed by atoms with Gasteiger partial charge in [-0.1, -0.05) is 57.9 Å². The van der Waals surface area contributed by atoms with Crippen molar-refractivity contribution in [2.45, 2.75) is 150 Å². The Balaban J connectivity index is 1.38. The first-order valence-electron chi connectivity index (χ1n) is 17.0. The molecule has 1 saturated heterocycles. The summed E-state index contributed by atoms with van der Waals surface area (Å²) in [6.07, 6.45) is 5.90. The molecule has 246 valence electrons. The highest BCUT2D eigenvalue weighted by Gasteiger charge is 2.70. The summed E-state index contributed by atoms with van der Waals surface area (Å²) in [6, 6.07) is 0. The van der Waals surface area contributed by atoms with Crippen LogP contribution in [-0.4, -0.2) is 75.1 Å². The van der Waals surface area contributed by atoms with Gasteiger partial charge in [0.15, 0.2) is 6.29 Å². The number of aliphatic hydroxyl groups excluding tert-OH is 5. The first-order chi connectivity index (χ1) is 20.0. The fourth-order valence-electron chi connectivity index (χ4n) is 11.5. The molecule has 0 radical (unpaired) electrons. The van der Waals surface area contributed by atoms with Crippen molar-refractivity contribution in [2.24, 2.45) is 45.3 Å². The predicted molar refractivity (Wildman–Crippen MR) is 167 cm³/mol. The number of ether oxygens (including phenoxy) is 2. The highest BCUT2D eigenvalue weighted by Crippen LogP contribution is 2.75. The Morgan fingerprint density at radius 3 is 2.14 bits per heavy atom. The van der Waals surface area contributed by atoms with Crippen LogP contribution >= 0.6 is 0 Å². The standard InChI is InChI=1S/C36H60O7/c1-20(2)10-9-11-21(3)22-12-16-36(8)28(22)23(38)18-26-34(6)15-14-27(33(4,5)25(34)13-17-35(26,36)7)43-32-31(41)30(40)29(39)24(19-37)42-32/h10-11,22-32,37-41H,9,12-19H2,1-8H3/b21-11-/t22-,23+,24-,25-,26-,27+,28+,29-,30+,31-,32+,34+,35-,36+/m1/s1. The number of allylic oxidation sites excluding steroid dienone is 4. The van der Waals surface area contributed by atoms with E-state index >= 15 is 0 Å². The van der Waals surface area contributed by atoms with Crippen LogP contribution in [0.5, 0.6) is 0 Å². The molecule has 0 aromatic carbocycles. The summed E-state index contributed by atoms with van der Waals surface area (Å²) in [4.78, 5) is 0. The summed E-state index contributed by atoms with van der Waals surface area (Å²) in [5, 5.41) is 52.9. The van der Waals surface area contributed by atoms with Crippen LogP contribution in [-0.2, 0) is 9.47 Å². The lowest BCUT2D eigenvalue weighted by Gasteiger charge is -2.70. The maximum atomic E-state index is 12.0. The van der Waals surface area contributed by atoms with Gasteiger partial charge in [-0.3, -0.25) is 0 Å². The lowest BCUT2D eigenvalue weighted by molar-refractivity contribution is -0.331. The maximum absolute atomic E-state index is 12.0. The van der Waals surface area contributed by atoms with E-state index in [9.17, 15) is 25.5 Å². The molecule has 43 heavy (non-hydrogen) atoms. The summed E-state index contributed by atoms with van der Waals surface area (Å²) in [5.41, 5.74) is 2.80. The van der Waals surface area contributed by atoms with E-state index in [1.165, 1.54) is 11.1 Å². The molecule has 0 aromatic heterocycles. The fourth-order valence-corrected chi connectivity index (χ4v) is 11.5. The van der Waals surface area contributed by atoms with Crippen molar-refractivity contribution in [3.05, 3.63) is 23.3 Å². The van der Waals surface area contributed by atoms with Crippen molar-refractivity contribution in [3.8, 4) is 0 Å². The van der Waals surface area contributed by atoms with Crippen LogP contribution in [0.4, 0.5) is 0 Å². The van der Waals surface area contributed by atoms with Crippen LogP contribution in [0.3, 0.4) is 0 Å². The molecule has 5 rings (SSSR count). The minimum atomic E-state index is -1.44. The van der Waals surface area contributed by atoms with Crippen molar-refractivity contribution in [3.63, 3.8) is 0 Å². The van der Waals surface area contributed by atoms with E-state index in [0.29, 0.717) is 17.8 Å². The number of rotatable bonds is 6. The van der Waals surface area contributed by atoms with Gasteiger partial charge in [0, 0.05) is 0 Å². The third-order valence-corrected chi connectivity index (χ3v) is 14.0. The van der Waals surface area contributed by atoms with Gasteiger partial charge in [-0.2, -0.15) is 0 Å². The Kier molecular flexibility index (Phi) is 9.19. The van der Waals surface area contributed by atoms with E-state index in [1.54, 1.807) is 0 Å². The number of hydrogen-bond acceptors (Lipinski definition) is 7. The van der Waals surface area contributed by atoms with Gasteiger partial charge in [0.25, 0.3) is 0 Å². The molecule has 7 nitrogen and oxygen atoms in total. The van der Waals surface area contributed by atoms with E-state index < -0.39 is 37.3 Å². The van der Waals surface area contributed by atoms with Crippen molar-refractivity contribution in [2.75, 3.05) is 6.61 Å². The average Bonchev–Trinajstić information content (AvgIpc) is 3.31. The van der Waals surface area contributed by atoms with Crippen molar-refractivity contribution < 1.29 is 35.0 Å². The highest BCUT2D eigenvalue weighted by molar-refractivity contribution is 5.23. The molecule has 5 fully saturated rings. The second-order valence-electron chi connectivity index (χ2n) is 16.6. The predicted octanol–water partition coefficient (Wildman–Crippen LogP) is 5.13. The number of aliphatic hydroxyl groups is 5. The first kappa shape index (κ1) is 33.6. The largest absolute Gasteiger partial charge is 0.394 e. The Hall–Kier alpha value is -0.800. The first-order valence-corrected chi connectivity index (χ1v) is 17.0.